The molecule has 0 aromatic carbocycles. The summed E-state index contributed by atoms with van der Waals surface area (Å²) in [5.74, 6) is 2.22. The van der Waals surface area contributed by atoms with E-state index in [1.807, 2.05) is 36.7 Å². The molecular formula is C36H45N3O2. The van der Waals surface area contributed by atoms with Crippen molar-refractivity contribution in [3.63, 3.8) is 0 Å². The molecule has 7 rings (SSSR count). The van der Waals surface area contributed by atoms with Gasteiger partial charge in [-0.15, -0.1) is 0 Å². The highest BCUT2D eigenvalue weighted by atomic mass is 16.2. The lowest BCUT2D eigenvalue weighted by Crippen LogP contribution is -2.48. The zero-order chi connectivity index (χ0) is 28.5. The number of fused-ring (bicyclic) bond motifs is 2. The third-order valence-corrected chi connectivity index (χ3v) is 10.6. The van der Waals surface area contributed by atoms with Crippen molar-refractivity contribution in [2.45, 2.75) is 76.3 Å². The number of hydrogen-bond acceptors (Lipinski definition) is 3. The minimum atomic E-state index is -0.185. The molecule has 1 aliphatic heterocycles. The average molecular weight is 552 g/mol. The molecule has 5 heteroatoms. The van der Waals surface area contributed by atoms with Gasteiger partial charge in [-0.2, -0.15) is 0 Å². The Morgan fingerprint density at radius 3 is 2.78 bits per heavy atom. The maximum Gasteiger partial charge on any atom is 0.237 e. The fourth-order valence-corrected chi connectivity index (χ4v) is 7.60. The van der Waals surface area contributed by atoms with E-state index in [-0.39, 0.29) is 28.3 Å². The Hall–Kier alpha value is -3.18. The predicted molar refractivity (Wildman–Crippen MR) is 166 cm³/mol. The highest BCUT2D eigenvalue weighted by Crippen LogP contribution is 2.68. The highest BCUT2D eigenvalue weighted by Gasteiger charge is 2.64. The minimum Gasteiger partial charge on any atom is -0.343 e. The number of aromatic nitrogens is 1. The summed E-state index contributed by atoms with van der Waals surface area (Å²) < 4.78 is 2.12. The van der Waals surface area contributed by atoms with Gasteiger partial charge in [-0.1, -0.05) is 67.7 Å². The molecule has 1 aromatic rings. The second-order valence-electron chi connectivity index (χ2n) is 13.0. The molecule has 1 amide bonds. The Morgan fingerprint density at radius 2 is 2.07 bits per heavy atom. The van der Waals surface area contributed by atoms with Crippen molar-refractivity contribution in [1.29, 1.82) is 0 Å². The van der Waals surface area contributed by atoms with E-state index in [0.29, 0.717) is 5.92 Å². The number of hydrogen-bond donors (Lipinski definition) is 2. The van der Waals surface area contributed by atoms with Crippen LogP contribution >= 0.6 is 0 Å². The summed E-state index contributed by atoms with van der Waals surface area (Å²) in [6.07, 6.45) is 34.7. The van der Waals surface area contributed by atoms with E-state index in [2.05, 4.69) is 71.2 Å². The van der Waals surface area contributed by atoms with Crippen molar-refractivity contribution >= 4 is 17.9 Å². The molecular weight excluding hydrogens is 506 g/mol. The summed E-state index contributed by atoms with van der Waals surface area (Å²) in [5.41, 5.74) is 2.54. The van der Waals surface area contributed by atoms with Crippen LogP contribution in [0.5, 0.6) is 0 Å². The Labute approximate surface area is 245 Å². The molecule has 0 spiro atoms. The quantitative estimate of drug-likeness (QED) is 0.197. The van der Waals surface area contributed by atoms with Crippen LogP contribution in [-0.4, -0.2) is 34.9 Å². The van der Waals surface area contributed by atoms with E-state index in [1.54, 1.807) is 5.57 Å². The van der Waals surface area contributed by atoms with Gasteiger partial charge in [0.1, 0.15) is 6.29 Å². The van der Waals surface area contributed by atoms with E-state index < -0.39 is 0 Å². The summed E-state index contributed by atoms with van der Waals surface area (Å²) >= 11 is 0. The molecule has 4 fully saturated rings. The number of nitrogens with one attached hydrogen (secondary N) is 2. The number of aldehydes is 1. The van der Waals surface area contributed by atoms with Gasteiger partial charge in [0.05, 0.1) is 11.6 Å². The number of carbonyl (C=O) groups is 2. The van der Waals surface area contributed by atoms with E-state index in [9.17, 15) is 9.59 Å². The first-order chi connectivity index (χ1) is 20.0. The van der Waals surface area contributed by atoms with Gasteiger partial charge in [0.2, 0.25) is 5.91 Å². The molecule has 7 atom stereocenters. The van der Waals surface area contributed by atoms with Gasteiger partial charge < -0.3 is 20.0 Å². The van der Waals surface area contributed by atoms with Crippen molar-refractivity contribution in [3.05, 3.63) is 91.4 Å². The normalized spacial score (nSPS) is 37.5. The molecule has 6 unspecified atom stereocenters. The van der Waals surface area contributed by atoms with E-state index in [4.69, 9.17) is 0 Å². The van der Waals surface area contributed by atoms with Crippen LogP contribution in [0.2, 0.25) is 0 Å². The number of nitrogens with zero attached hydrogens (tertiary/aromatic N) is 1. The van der Waals surface area contributed by atoms with Crippen LogP contribution < -0.4 is 10.6 Å². The van der Waals surface area contributed by atoms with Crippen LogP contribution in [0, 0.1) is 28.6 Å². The molecule has 1 aromatic heterocycles. The maximum atomic E-state index is 12.4. The van der Waals surface area contributed by atoms with Crippen molar-refractivity contribution < 1.29 is 9.59 Å². The molecule has 2 heterocycles. The highest BCUT2D eigenvalue weighted by molar-refractivity contribution is 5.86. The van der Waals surface area contributed by atoms with Gasteiger partial charge in [0.25, 0.3) is 0 Å². The summed E-state index contributed by atoms with van der Waals surface area (Å²) in [7, 11) is 0. The zero-order valence-corrected chi connectivity index (χ0v) is 24.4. The van der Waals surface area contributed by atoms with E-state index in [1.165, 1.54) is 18.4 Å². The monoisotopic (exact) mass is 551 g/mol. The first kappa shape index (κ1) is 28.0. The molecule has 1 saturated heterocycles. The number of allylic oxidation sites excluding steroid dienone is 9. The van der Waals surface area contributed by atoms with Gasteiger partial charge in [-0.05, 0) is 94.4 Å². The molecule has 3 saturated carbocycles. The van der Waals surface area contributed by atoms with Gasteiger partial charge in [-0.3, -0.25) is 4.79 Å². The third-order valence-electron chi connectivity index (χ3n) is 10.6. The summed E-state index contributed by atoms with van der Waals surface area (Å²) in [6.45, 7) is 6.87. The van der Waals surface area contributed by atoms with Crippen LogP contribution in [0.25, 0.3) is 5.70 Å². The van der Waals surface area contributed by atoms with Crippen LogP contribution in [0.15, 0.2) is 91.4 Å². The standard InChI is InChI=1S/C20H26O.C16H19N3O/c1-3-5-10-20(14-19(20,4-2)15-21)11-9-16-7-6-8-17-13-18(17)12-16;20-15(13-6-4-8-17-13)18-16-11-12(16)5-3-7-14(16)19-9-1-2-10-19/h3,5-6,8,10,12,15,17-18H,1,4,7,9,11,13-14H2,2H3;1-3,5,7,9-10,12-13,17H,4,6,8,11H2,(H,18,20)/b10-5-;/t;12?,13-,16?/m.0/s1. The fraction of sp³-hybridized carbons (Fsp3) is 0.500. The predicted octanol–water partition coefficient (Wildman–Crippen LogP) is 6.54. The lowest BCUT2D eigenvalue weighted by molar-refractivity contribution is -0.123. The molecule has 6 aliphatic rings. The topological polar surface area (TPSA) is 63.1 Å². The zero-order valence-electron chi connectivity index (χ0n) is 24.4. The van der Waals surface area contributed by atoms with Crippen LogP contribution in [-0.2, 0) is 9.59 Å². The van der Waals surface area contributed by atoms with Gasteiger partial charge in [-0.25, -0.2) is 0 Å². The molecule has 216 valence electrons. The van der Waals surface area contributed by atoms with Crippen molar-refractivity contribution in [2.75, 3.05) is 6.54 Å². The molecule has 2 N–H and O–H groups in total. The van der Waals surface area contributed by atoms with Crippen LogP contribution in [0.3, 0.4) is 0 Å². The number of carbonyl (C=O) groups excluding carboxylic acids is 2. The van der Waals surface area contributed by atoms with E-state index in [0.717, 1.165) is 69.7 Å². The van der Waals surface area contributed by atoms with Crippen molar-refractivity contribution in [3.8, 4) is 0 Å². The summed E-state index contributed by atoms with van der Waals surface area (Å²) in [4.78, 5) is 24.0. The first-order valence-electron chi connectivity index (χ1n) is 15.7. The largest absolute Gasteiger partial charge is 0.343 e. The summed E-state index contributed by atoms with van der Waals surface area (Å²) in [6, 6.07) is 4.03. The van der Waals surface area contributed by atoms with Crippen LogP contribution in [0.1, 0.15) is 64.7 Å². The Morgan fingerprint density at radius 1 is 1.22 bits per heavy atom. The van der Waals surface area contributed by atoms with Gasteiger partial charge in [0, 0.05) is 34.8 Å². The maximum absolute atomic E-state index is 12.4. The van der Waals surface area contributed by atoms with Gasteiger partial charge >= 0.3 is 0 Å². The van der Waals surface area contributed by atoms with E-state index >= 15 is 0 Å². The number of rotatable bonds is 10. The molecule has 0 radical (unpaired) electrons. The summed E-state index contributed by atoms with van der Waals surface area (Å²) in [5, 5.41) is 6.58. The SMILES string of the molecule is C=C/C=C\C1(CCC2=CC3CC3C=CC2)CC1(C=O)CC.O=C(NC12CC1C=CC=C2n1cccc1)[C@@H]1CCCN1. The smallest absolute Gasteiger partial charge is 0.237 e. The van der Waals surface area contributed by atoms with Gasteiger partial charge in [0.15, 0.2) is 0 Å². The molecule has 5 nitrogen and oxygen atoms in total. The van der Waals surface area contributed by atoms with Crippen molar-refractivity contribution in [2.24, 2.45) is 28.6 Å². The minimum absolute atomic E-state index is 0.0116. The third kappa shape index (κ3) is 5.41. The molecule has 0 bridgehead atoms. The van der Waals surface area contributed by atoms with Crippen molar-refractivity contribution in [1.82, 2.24) is 15.2 Å². The Kier molecular flexibility index (Phi) is 7.67. The fourth-order valence-electron chi connectivity index (χ4n) is 7.60. The van der Waals surface area contributed by atoms with Crippen LogP contribution in [0.4, 0.5) is 0 Å². The Balaban J connectivity index is 0.000000148. The molecule has 5 aliphatic carbocycles. The first-order valence-corrected chi connectivity index (χ1v) is 15.7. The lowest BCUT2D eigenvalue weighted by Gasteiger charge is -2.26. The Bertz CT molecular complexity index is 1310. The number of amides is 1. The second-order valence-corrected chi connectivity index (χ2v) is 13.0. The second kappa shape index (κ2) is 11.2. The molecule has 41 heavy (non-hydrogen) atoms. The average Bonchev–Trinajstić information content (AvgIpc) is 3.88. The lowest BCUT2D eigenvalue weighted by atomic mass is 9.85.